The molecule has 0 fully saturated rings. The van der Waals surface area contributed by atoms with Gasteiger partial charge in [-0.05, 0) is 25.3 Å². The predicted molar refractivity (Wildman–Crippen MR) is 74.9 cm³/mol. The molecule has 1 rings (SSSR count). The molecule has 0 heterocycles. The predicted octanol–water partition coefficient (Wildman–Crippen LogP) is 2.41. The van der Waals surface area contributed by atoms with Crippen molar-refractivity contribution in [1.82, 2.24) is 4.90 Å². The molecule has 0 unspecified atom stereocenters. The number of nitrogens with two attached hydrogens (primary N) is 1. The van der Waals surface area contributed by atoms with Crippen molar-refractivity contribution >= 4 is 5.91 Å². The molecule has 1 amide bonds. The molecule has 3 heteroatoms. The summed E-state index contributed by atoms with van der Waals surface area (Å²) in [5.74, 6) is 0.193. The van der Waals surface area contributed by atoms with Crippen LogP contribution >= 0.6 is 0 Å². The Labute approximate surface area is 110 Å². The Morgan fingerprint density at radius 2 is 1.72 bits per heavy atom. The average molecular weight is 248 g/mol. The van der Waals surface area contributed by atoms with Crippen LogP contribution in [-0.2, 0) is 11.3 Å². The summed E-state index contributed by atoms with van der Waals surface area (Å²) in [6, 6.07) is 9.75. The fourth-order valence-corrected chi connectivity index (χ4v) is 1.77. The quantitative estimate of drug-likeness (QED) is 0.869. The zero-order chi connectivity index (χ0) is 13.7. The number of carbonyl (C=O) groups excluding carboxylic acids is 1. The first-order valence-corrected chi connectivity index (χ1v) is 6.53. The highest BCUT2D eigenvalue weighted by Gasteiger charge is 2.25. The summed E-state index contributed by atoms with van der Waals surface area (Å²) in [6.45, 7) is 8.62. The van der Waals surface area contributed by atoms with Gasteiger partial charge in [-0.25, -0.2) is 0 Å². The number of nitrogens with zero attached hydrogens (tertiary/aromatic N) is 1. The van der Waals surface area contributed by atoms with Crippen molar-refractivity contribution in [2.24, 2.45) is 11.7 Å². The van der Waals surface area contributed by atoms with Gasteiger partial charge in [0.05, 0.1) is 6.04 Å². The van der Waals surface area contributed by atoms with Gasteiger partial charge in [-0.1, -0.05) is 44.2 Å². The van der Waals surface area contributed by atoms with Crippen molar-refractivity contribution in [3.63, 3.8) is 0 Å². The third kappa shape index (κ3) is 3.84. The second kappa shape index (κ2) is 6.55. The minimum absolute atomic E-state index is 0.0313. The number of carbonyl (C=O) groups is 1. The molecule has 0 aliphatic rings. The summed E-state index contributed by atoms with van der Waals surface area (Å²) in [5, 5.41) is 0. The summed E-state index contributed by atoms with van der Waals surface area (Å²) in [6.07, 6.45) is 0. The zero-order valence-electron chi connectivity index (χ0n) is 11.8. The number of rotatable bonds is 5. The molecule has 18 heavy (non-hydrogen) atoms. The van der Waals surface area contributed by atoms with Crippen LogP contribution in [0.25, 0.3) is 0 Å². The molecule has 0 radical (unpaired) electrons. The number of benzene rings is 1. The van der Waals surface area contributed by atoms with E-state index in [2.05, 4.69) is 0 Å². The van der Waals surface area contributed by atoms with Crippen molar-refractivity contribution < 1.29 is 4.79 Å². The molecule has 0 aliphatic carbocycles. The molecular formula is C15H24N2O. The number of amides is 1. The van der Waals surface area contributed by atoms with Crippen molar-refractivity contribution in [3.8, 4) is 0 Å². The van der Waals surface area contributed by atoms with Gasteiger partial charge in [0.25, 0.3) is 0 Å². The molecule has 0 spiro atoms. The first-order valence-electron chi connectivity index (χ1n) is 6.53. The molecule has 0 saturated carbocycles. The van der Waals surface area contributed by atoms with Gasteiger partial charge < -0.3 is 10.6 Å². The normalized spacial score (nSPS) is 12.8. The minimum Gasteiger partial charge on any atom is -0.335 e. The summed E-state index contributed by atoms with van der Waals surface area (Å²) in [7, 11) is 0. The molecule has 2 N–H and O–H groups in total. The van der Waals surface area contributed by atoms with Gasteiger partial charge in [0.1, 0.15) is 0 Å². The lowest BCUT2D eigenvalue weighted by Gasteiger charge is -2.30. The topological polar surface area (TPSA) is 46.3 Å². The highest BCUT2D eigenvalue weighted by molar-refractivity contribution is 5.82. The molecule has 0 bridgehead atoms. The Morgan fingerprint density at radius 1 is 1.17 bits per heavy atom. The average Bonchev–Trinajstić information content (AvgIpc) is 2.35. The van der Waals surface area contributed by atoms with E-state index in [4.69, 9.17) is 5.73 Å². The lowest BCUT2D eigenvalue weighted by Crippen LogP contribution is -2.48. The van der Waals surface area contributed by atoms with E-state index in [1.165, 1.54) is 0 Å². The van der Waals surface area contributed by atoms with Crippen LogP contribution < -0.4 is 5.73 Å². The van der Waals surface area contributed by atoms with Crippen molar-refractivity contribution in [2.75, 3.05) is 0 Å². The van der Waals surface area contributed by atoms with Crippen molar-refractivity contribution in [1.29, 1.82) is 0 Å². The zero-order valence-corrected chi connectivity index (χ0v) is 11.8. The lowest BCUT2D eigenvalue weighted by atomic mass is 10.0. The van der Waals surface area contributed by atoms with Crippen LogP contribution in [0.3, 0.4) is 0 Å². The first-order chi connectivity index (χ1) is 8.43. The smallest absolute Gasteiger partial charge is 0.240 e. The van der Waals surface area contributed by atoms with Crippen LogP contribution in [0.2, 0.25) is 0 Å². The van der Waals surface area contributed by atoms with E-state index in [1.54, 1.807) is 0 Å². The van der Waals surface area contributed by atoms with E-state index in [0.717, 1.165) is 5.56 Å². The summed E-state index contributed by atoms with van der Waals surface area (Å²) >= 11 is 0. The van der Waals surface area contributed by atoms with Gasteiger partial charge in [0.2, 0.25) is 5.91 Å². The Bertz CT molecular complexity index is 373. The van der Waals surface area contributed by atoms with Crippen LogP contribution in [-0.4, -0.2) is 22.9 Å². The monoisotopic (exact) mass is 248 g/mol. The fourth-order valence-electron chi connectivity index (χ4n) is 1.77. The van der Waals surface area contributed by atoms with E-state index in [0.29, 0.717) is 6.54 Å². The lowest BCUT2D eigenvalue weighted by molar-refractivity contribution is -0.136. The van der Waals surface area contributed by atoms with Gasteiger partial charge in [-0.15, -0.1) is 0 Å². The molecule has 0 saturated heterocycles. The Kier molecular flexibility index (Phi) is 5.35. The highest BCUT2D eigenvalue weighted by atomic mass is 16.2. The van der Waals surface area contributed by atoms with Gasteiger partial charge in [0, 0.05) is 12.6 Å². The number of hydrogen-bond donors (Lipinski definition) is 1. The summed E-state index contributed by atoms with van der Waals surface area (Å²) in [5.41, 5.74) is 7.10. The van der Waals surface area contributed by atoms with Gasteiger partial charge in [-0.2, -0.15) is 0 Å². The molecule has 1 aromatic carbocycles. The maximum atomic E-state index is 12.3. The summed E-state index contributed by atoms with van der Waals surface area (Å²) in [4.78, 5) is 14.2. The second-order valence-corrected chi connectivity index (χ2v) is 5.32. The van der Waals surface area contributed by atoms with Crippen molar-refractivity contribution in [2.45, 2.75) is 46.3 Å². The van der Waals surface area contributed by atoms with Crippen LogP contribution in [0.15, 0.2) is 30.3 Å². The first kappa shape index (κ1) is 14.7. The van der Waals surface area contributed by atoms with Crippen molar-refractivity contribution in [3.05, 3.63) is 35.9 Å². The molecule has 1 aromatic rings. The van der Waals surface area contributed by atoms with Crippen LogP contribution in [0.1, 0.15) is 33.3 Å². The van der Waals surface area contributed by atoms with Crippen LogP contribution in [0.4, 0.5) is 0 Å². The minimum atomic E-state index is -0.420. The molecule has 1 atom stereocenters. The molecular weight excluding hydrogens is 224 g/mol. The summed E-state index contributed by atoms with van der Waals surface area (Å²) < 4.78 is 0. The van der Waals surface area contributed by atoms with Gasteiger partial charge in [0.15, 0.2) is 0 Å². The maximum absolute atomic E-state index is 12.3. The third-order valence-corrected chi connectivity index (χ3v) is 3.11. The van der Waals surface area contributed by atoms with E-state index in [1.807, 2.05) is 62.9 Å². The molecule has 3 nitrogen and oxygen atoms in total. The Morgan fingerprint density at radius 3 is 2.17 bits per heavy atom. The molecule has 100 valence electrons. The van der Waals surface area contributed by atoms with E-state index >= 15 is 0 Å². The fraction of sp³-hybridized carbons (Fsp3) is 0.533. The third-order valence-electron chi connectivity index (χ3n) is 3.11. The SMILES string of the molecule is CC(C)[C@@H](N)C(=O)N(Cc1ccccc1)C(C)C. The Hall–Kier alpha value is -1.35. The van der Waals surface area contributed by atoms with Gasteiger partial charge in [-0.3, -0.25) is 4.79 Å². The van der Waals surface area contributed by atoms with Crippen LogP contribution in [0.5, 0.6) is 0 Å². The van der Waals surface area contributed by atoms with E-state index < -0.39 is 6.04 Å². The maximum Gasteiger partial charge on any atom is 0.240 e. The van der Waals surface area contributed by atoms with E-state index in [-0.39, 0.29) is 17.9 Å². The molecule has 0 aliphatic heterocycles. The highest BCUT2D eigenvalue weighted by Crippen LogP contribution is 2.12. The van der Waals surface area contributed by atoms with Crippen LogP contribution in [0, 0.1) is 5.92 Å². The number of hydrogen-bond acceptors (Lipinski definition) is 2. The molecule has 0 aromatic heterocycles. The van der Waals surface area contributed by atoms with E-state index in [9.17, 15) is 4.79 Å². The van der Waals surface area contributed by atoms with Gasteiger partial charge >= 0.3 is 0 Å². The largest absolute Gasteiger partial charge is 0.335 e. The Balaban J connectivity index is 2.81. The standard InChI is InChI=1S/C15H24N2O/c1-11(2)14(16)15(18)17(12(3)4)10-13-8-6-5-7-9-13/h5-9,11-12,14H,10,16H2,1-4H3/t14-/m1/s1. The second-order valence-electron chi connectivity index (χ2n) is 5.32.